The van der Waals surface area contributed by atoms with Gasteiger partial charge in [0.2, 0.25) is 0 Å². The molecule has 0 aromatic carbocycles. The highest BCUT2D eigenvalue weighted by Gasteiger charge is 2.32. The number of rotatable bonds is 4. The summed E-state index contributed by atoms with van der Waals surface area (Å²) < 4.78 is 7.63. The molecule has 1 aliphatic heterocycles. The van der Waals surface area contributed by atoms with Crippen molar-refractivity contribution < 1.29 is 4.74 Å². The van der Waals surface area contributed by atoms with Crippen LogP contribution in [0.5, 0.6) is 0 Å². The van der Waals surface area contributed by atoms with Gasteiger partial charge in [0.1, 0.15) is 17.5 Å². The van der Waals surface area contributed by atoms with Crippen molar-refractivity contribution in [1.82, 2.24) is 14.8 Å². The average molecular weight is 351 g/mol. The van der Waals surface area contributed by atoms with E-state index in [9.17, 15) is 5.26 Å². The number of nitriles is 1. The second-order valence-corrected chi connectivity index (χ2v) is 7.41. The summed E-state index contributed by atoms with van der Waals surface area (Å²) >= 11 is 0. The predicted octanol–water partition coefficient (Wildman–Crippen LogP) is 3.57. The molecule has 6 nitrogen and oxygen atoms in total. The first kappa shape index (κ1) is 18.2. The molecular formula is C20H25N5O. The van der Waals surface area contributed by atoms with E-state index in [0.29, 0.717) is 18.7 Å². The molecule has 1 saturated heterocycles. The molecule has 0 saturated carbocycles. The molecule has 0 aliphatic carbocycles. The molecule has 1 atom stereocenters. The zero-order valence-electron chi connectivity index (χ0n) is 15.6. The van der Waals surface area contributed by atoms with Gasteiger partial charge in [-0.2, -0.15) is 10.4 Å². The van der Waals surface area contributed by atoms with Crippen molar-refractivity contribution in [2.45, 2.75) is 51.7 Å². The maximum Gasteiger partial charge on any atom is 0.142 e. The zero-order valence-corrected chi connectivity index (χ0v) is 15.6. The first-order valence-electron chi connectivity index (χ1n) is 8.84. The lowest BCUT2D eigenvalue weighted by molar-refractivity contribution is -0.0598. The monoisotopic (exact) mass is 351 g/mol. The Morgan fingerprint density at radius 3 is 2.96 bits per heavy atom. The Balaban J connectivity index is 2.12. The molecule has 0 spiro atoms. The minimum absolute atomic E-state index is 0.186. The minimum Gasteiger partial charge on any atom is -0.383 e. The van der Waals surface area contributed by atoms with E-state index in [1.54, 1.807) is 17.0 Å². The van der Waals surface area contributed by atoms with Gasteiger partial charge in [0, 0.05) is 35.5 Å². The predicted molar refractivity (Wildman–Crippen MR) is 102 cm³/mol. The molecule has 3 heterocycles. The second kappa shape index (κ2) is 6.93. The van der Waals surface area contributed by atoms with Crippen molar-refractivity contribution in [3.63, 3.8) is 0 Å². The maximum atomic E-state index is 9.65. The van der Waals surface area contributed by atoms with Gasteiger partial charge in [-0.15, -0.1) is 6.58 Å². The number of aromatic nitrogens is 3. The number of allylic oxidation sites excluding steroid dienone is 1. The fourth-order valence-electron chi connectivity index (χ4n) is 3.77. The minimum atomic E-state index is -0.186. The van der Waals surface area contributed by atoms with Crippen LogP contribution >= 0.6 is 0 Å². The maximum absolute atomic E-state index is 9.65. The normalized spacial score (nSPS) is 19.1. The van der Waals surface area contributed by atoms with Gasteiger partial charge in [-0.25, -0.2) is 4.98 Å². The van der Waals surface area contributed by atoms with Gasteiger partial charge in [0.25, 0.3) is 0 Å². The van der Waals surface area contributed by atoms with Crippen LogP contribution in [0, 0.1) is 18.3 Å². The lowest BCUT2D eigenvalue weighted by Gasteiger charge is -2.36. The van der Waals surface area contributed by atoms with Crippen molar-refractivity contribution in [2.24, 2.45) is 0 Å². The quantitative estimate of drug-likeness (QED) is 0.851. The summed E-state index contributed by atoms with van der Waals surface area (Å²) in [6.45, 7) is 11.3. The molecule has 26 heavy (non-hydrogen) atoms. The van der Waals surface area contributed by atoms with Crippen LogP contribution in [0.1, 0.15) is 49.4 Å². The Morgan fingerprint density at radius 1 is 1.54 bits per heavy atom. The number of pyridine rings is 1. The van der Waals surface area contributed by atoms with Crippen molar-refractivity contribution in [3.05, 3.63) is 41.9 Å². The van der Waals surface area contributed by atoms with E-state index in [-0.39, 0.29) is 17.3 Å². The molecule has 136 valence electrons. The summed E-state index contributed by atoms with van der Waals surface area (Å²) in [6.07, 6.45) is 7.25. The van der Waals surface area contributed by atoms with Crippen LogP contribution in [0.15, 0.2) is 25.0 Å². The number of nitrogens with zero attached hydrogens (tertiary/aromatic N) is 4. The smallest absolute Gasteiger partial charge is 0.142 e. The van der Waals surface area contributed by atoms with Crippen LogP contribution in [0.2, 0.25) is 0 Å². The molecular weight excluding hydrogens is 326 g/mol. The third-order valence-electron chi connectivity index (χ3n) is 4.94. The highest BCUT2D eigenvalue weighted by atomic mass is 16.5. The summed E-state index contributed by atoms with van der Waals surface area (Å²) in [5, 5.41) is 14.0. The number of anilines is 1. The zero-order chi connectivity index (χ0) is 18.9. The Hall–Kier alpha value is -2.65. The largest absolute Gasteiger partial charge is 0.383 e. The topological polar surface area (TPSA) is 89.8 Å². The van der Waals surface area contributed by atoms with E-state index >= 15 is 0 Å². The van der Waals surface area contributed by atoms with Crippen LogP contribution in [0.3, 0.4) is 0 Å². The van der Waals surface area contributed by atoms with Gasteiger partial charge in [-0.05, 0) is 39.2 Å². The molecule has 2 aromatic rings. The highest BCUT2D eigenvalue weighted by molar-refractivity contribution is 5.78. The van der Waals surface area contributed by atoms with Crippen LogP contribution in [-0.2, 0) is 11.3 Å². The SMILES string of the molecule is C=CCn1cc(-c2c(C)c(C3CCOC(C)(C)C3)nc(N)c2C#N)cn1. The van der Waals surface area contributed by atoms with E-state index in [0.717, 1.165) is 35.2 Å². The molecule has 1 unspecified atom stereocenters. The number of ether oxygens (including phenoxy) is 1. The van der Waals surface area contributed by atoms with Crippen LogP contribution < -0.4 is 5.73 Å². The average Bonchev–Trinajstić information content (AvgIpc) is 3.03. The van der Waals surface area contributed by atoms with E-state index in [4.69, 9.17) is 10.5 Å². The fraction of sp³-hybridized carbons (Fsp3) is 0.450. The number of nitrogen functional groups attached to an aromatic ring is 1. The molecule has 2 N–H and O–H groups in total. The van der Waals surface area contributed by atoms with Gasteiger partial charge in [-0.1, -0.05) is 6.08 Å². The third-order valence-corrected chi connectivity index (χ3v) is 4.94. The summed E-state index contributed by atoms with van der Waals surface area (Å²) in [5.41, 5.74) is 10.1. The van der Waals surface area contributed by atoms with E-state index < -0.39 is 0 Å². The number of nitrogens with two attached hydrogens (primary N) is 1. The molecule has 0 amide bonds. The van der Waals surface area contributed by atoms with Gasteiger partial charge >= 0.3 is 0 Å². The number of hydrogen-bond acceptors (Lipinski definition) is 5. The van der Waals surface area contributed by atoms with Crippen molar-refractivity contribution in [1.29, 1.82) is 5.26 Å². The summed E-state index contributed by atoms with van der Waals surface area (Å²) in [6, 6.07) is 2.22. The third kappa shape index (κ3) is 3.35. The van der Waals surface area contributed by atoms with E-state index in [1.807, 2.05) is 13.1 Å². The Kier molecular flexibility index (Phi) is 4.84. The standard InChI is InChI=1S/C20H25N5O/c1-5-7-25-12-15(11-23-25)17-13(2)18(24-19(22)16(17)10-21)14-6-8-26-20(3,4)9-14/h5,11-12,14H,1,6-9H2,2-4H3,(H2,22,24). The van der Waals surface area contributed by atoms with Gasteiger partial charge < -0.3 is 10.5 Å². The van der Waals surface area contributed by atoms with Crippen LogP contribution in [-0.4, -0.2) is 27.0 Å². The first-order valence-corrected chi connectivity index (χ1v) is 8.84. The Labute approximate surface area is 154 Å². The molecule has 6 heteroatoms. The highest BCUT2D eigenvalue weighted by Crippen LogP contribution is 2.40. The van der Waals surface area contributed by atoms with Gasteiger partial charge in [0.15, 0.2) is 0 Å². The Bertz CT molecular complexity index is 875. The fourth-order valence-corrected chi connectivity index (χ4v) is 3.77. The molecule has 0 radical (unpaired) electrons. The number of hydrogen-bond donors (Lipinski definition) is 1. The molecule has 0 bridgehead atoms. The van der Waals surface area contributed by atoms with Crippen molar-refractivity contribution >= 4 is 5.82 Å². The molecule has 1 fully saturated rings. The molecule has 1 aliphatic rings. The Morgan fingerprint density at radius 2 is 2.31 bits per heavy atom. The van der Waals surface area contributed by atoms with E-state index in [2.05, 4.69) is 36.6 Å². The van der Waals surface area contributed by atoms with Crippen LogP contribution in [0.4, 0.5) is 5.82 Å². The van der Waals surface area contributed by atoms with Crippen molar-refractivity contribution in [2.75, 3.05) is 12.3 Å². The summed E-state index contributed by atoms with van der Waals surface area (Å²) in [4.78, 5) is 4.62. The summed E-state index contributed by atoms with van der Waals surface area (Å²) in [5.74, 6) is 0.541. The molecule has 2 aromatic heterocycles. The first-order chi connectivity index (χ1) is 12.4. The van der Waals surface area contributed by atoms with E-state index in [1.165, 1.54) is 0 Å². The van der Waals surface area contributed by atoms with Gasteiger partial charge in [0.05, 0.1) is 18.3 Å². The molecule has 3 rings (SSSR count). The van der Waals surface area contributed by atoms with Crippen LogP contribution in [0.25, 0.3) is 11.1 Å². The second-order valence-electron chi connectivity index (χ2n) is 7.41. The van der Waals surface area contributed by atoms with Gasteiger partial charge in [-0.3, -0.25) is 4.68 Å². The lowest BCUT2D eigenvalue weighted by atomic mass is 9.82. The van der Waals surface area contributed by atoms with Crippen molar-refractivity contribution in [3.8, 4) is 17.2 Å². The lowest BCUT2D eigenvalue weighted by Crippen LogP contribution is -2.33. The summed E-state index contributed by atoms with van der Waals surface area (Å²) in [7, 11) is 0.